The molecule has 2 aliphatic heterocycles. The van der Waals surface area contributed by atoms with E-state index in [9.17, 15) is 30.8 Å². The van der Waals surface area contributed by atoms with E-state index < -0.39 is 33.3 Å². The van der Waals surface area contributed by atoms with E-state index in [1.807, 2.05) is 0 Å². The molecule has 0 aromatic heterocycles. The Morgan fingerprint density at radius 3 is 2.38 bits per heavy atom. The number of nitrogens with one attached hydrogen (secondary N) is 1. The maximum absolute atomic E-state index is 13.3. The molecule has 15 heteroatoms. The predicted molar refractivity (Wildman–Crippen MR) is 140 cm³/mol. The topological polar surface area (TPSA) is 91.4 Å². The highest BCUT2D eigenvalue weighted by atomic mass is 35.5. The Labute approximate surface area is 234 Å². The fourth-order valence-corrected chi connectivity index (χ4v) is 5.40. The lowest BCUT2D eigenvalue weighted by Gasteiger charge is -2.49. The van der Waals surface area contributed by atoms with Crippen LogP contribution in [0.4, 0.5) is 23.2 Å². The Hall–Kier alpha value is -2.91. The Morgan fingerprint density at radius 1 is 1.18 bits per heavy atom. The largest absolute Gasteiger partial charge is 0.573 e. The number of piperazine rings is 1. The van der Waals surface area contributed by atoms with Gasteiger partial charge in [0.2, 0.25) is 5.91 Å². The summed E-state index contributed by atoms with van der Waals surface area (Å²) in [6, 6.07) is 7.46. The average molecular weight is 607 g/mol. The van der Waals surface area contributed by atoms with E-state index in [0.717, 1.165) is 28.1 Å². The van der Waals surface area contributed by atoms with Gasteiger partial charge in [-0.1, -0.05) is 23.7 Å². The second-order valence-electron chi connectivity index (χ2n) is 9.55. The second-order valence-corrected chi connectivity index (χ2v) is 11.8. The van der Waals surface area contributed by atoms with Crippen LogP contribution in [0.1, 0.15) is 11.1 Å². The molecule has 218 valence electrons. The van der Waals surface area contributed by atoms with E-state index in [1.54, 1.807) is 17.0 Å². The molecule has 1 N–H and O–H groups in total. The Kier molecular flexibility index (Phi) is 8.95. The average Bonchev–Trinajstić information content (AvgIpc) is 2.84. The van der Waals surface area contributed by atoms with Crippen LogP contribution in [0.3, 0.4) is 0 Å². The first-order valence-electron chi connectivity index (χ1n) is 12.1. The summed E-state index contributed by atoms with van der Waals surface area (Å²) in [7, 11) is -1.53. The number of nitrogens with zero attached hydrogens (tertiary/aromatic N) is 3. The molecule has 2 atom stereocenters. The van der Waals surface area contributed by atoms with Crippen molar-refractivity contribution in [3.05, 3.63) is 64.4 Å². The number of carbonyl (C=O) groups excluding carboxylic acids is 1. The van der Waals surface area contributed by atoms with Crippen molar-refractivity contribution in [3.8, 4) is 5.75 Å². The fraction of sp³-hybridized carbons (Fsp3) is 0.400. The first-order chi connectivity index (χ1) is 18.7. The first kappa shape index (κ1) is 30.1. The smallest absolute Gasteiger partial charge is 0.404 e. The minimum atomic E-state index is -5.05. The summed E-state index contributed by atoms with van der Waals surface area (Å²) >= 11 is 5.93. The number of hydrogen-bond acceptors (Lipinski definition) is 6. The molecular formula is C25H27ClF4N4O5S. The zero-order valence-corrected chi connectivity index (χ0v) is 23.1. The van der Waals surface area contributed by atoms with Crippen molar-refractivity contribution in [1.82, 2.24) is 14.1 Å². The van der Waals surface area contributed by atoms with Gasteiger partial charge in [-0.25, -0.2) is 4.39 Å². The minimum Gasteiger partial charge on any atom is -0.404 e. The van der Waals surface area contributed by atoms with Crippen molar-refractivity contribution < 1.29 is 40.2 Å². The predicted octanol–water partition coefficient (Wildman–Crippen LogP) is 3.72. The van der Waals surface area contributed by atoms with E-state index in [-0.39, 0.29) is 42.4 Å². The van der Waals surface area contributed by atoms with E-state index in [2.05, 4.69) is 14.4 Å². The van der Waals surface area contributed by atoms with Gasteiger partial charge in [0, 0.05) is 45.4 Å². The number of anilines is 1. The molecule has 2 heterocycles. The van der Waals surface area contributed by atoms with Crippen LogP contribution >= 0.6 is 11.6 Å². The van der Waals surface area contributed by atoms with Crippen molar-refractivity contribution in [2.75, 3.05) is 45.1 Å². The van der Waals surface area contributed by atoms with E-state index >= 15 is 0 Å². The lowest BCUT2D eigenvalue weighted by atomic mass is 10.0. The number of halogens is 5. The number of alkyl halides is 3. The number of fused-ring (bicyclic) bond motifs is 2. The Morgan fingerprint density at radius 2 is 1.80 bits per heavy atom. The van der Waals surface area contributed by atoms with Crippen LogP contribution in [-0.2, 0) is 26.3 Å². The summed E-state index contributed by atoms with van der Waals surface area (Å²) in [5, 5.41) is -0.485. The molecule has 0 saturated carbocycles. The maximum Gasteiger partial charge on any atom is 0.573 e. The molecule has 4 rings (SSSR count). The number of amides is 1. The molecule has 40 heavy (non-hydrogen) atoms. The first-order valence-corrected chi connectivity index (χ1v) is 13.9. The van der Waals surface area contributed by atoms with Gasteiger partial charge in [0.1, 0.15) is 11.6 Å². The number of rotatable bonds is 8. The number of morpholine rings is 1. The van der Waals surface area contributed by atoms with Crippen LogP contribution in [0.25, 0.3) is 6.08 Å². The molecule has 2 fully saturated rings. The molecule has 2 saturated heterocycles. The van der Waals surface area contributed by atoms with Gasteiger partial charge in [-0.2, -0.15) is 12.7 Å². The maximum atomic E-state index is 13.3. The summed E-state index contributed by atoms with van der Waals surface area (Å²) in [6.07, 6.45) is -2.68. The SMILES string of the molecule is CN(C)S(=O)(=O)Nc1cc(Cl)c(OC(F)(F)F)cc1/C=C/C(=O)N1C2COCC1CN(Cc1ccc(F)cc1)C2. The van der Waals surface area contributed by atoms with Gasteiger partial charge in [-0.05, 0) is 35.9 Å². The molecule has 9 nitrogen and oxygen atoms in total. The third-order valence-electron chi connectivity index (χ3n) is 6.37. The van der Waals surface area contributed by atoms with Crippen molar-refractivity contribution >= 4 is 39.5 Å². The summed E-state index contributed by atoms with van der Waals surface area (Å²) in [5.41, 5.74) is 0.705. The standard InChI is InChI=1S/C25H27ClF4N4O5S/c1-32(2)40(36,37)31-22-10-21(26)23(39-25(28,29)30)9-17(22)5-8-24(35)34-19-12-33(13-20(34)15-38-14-19)11-16-3-6-18(27)7-4-16/h3-10,19-20,31H,11-15H2,1-2H3/b8-5+. The zero-order valence-electron chi connectivity index (χ0n) is 21.5. The normalized spacial score (nSPS) is 20.2. The van der Waals surface area contributed by atoms with Gasteiger partial charge >= 0.3 is 16.6 Å². The summed E-state index contributed by atoms with van der Waals surface area (Å²) < 4.78 is 89.5. The van der Waals surface area contributed by atoms with Crippen LogP contribution in [0, 0.1) is 5.82 Å². The molecule has 0 radical (unpaired) electrons. The molecule has 0 spiro atoms. The number of hydrogen-bond donors (Lipinski definition) is 1. The third-order valence-corrected chi connectivity index (χ3v) is 8.11. The molecule has 2 unspecified atom stereocenters. The van der Waals surface area contributed by atoms with Crippen LogP contribution in [-0.4, -0.2) is 87.3 Å². The number of carbonyl (C=O) groups is 1. The Bertz CT molecular complexity index is 1360. The molecule has 0 aliphatic carbocycles. The lowest BCUT2D eigenvalue weighted by molar-refractivity contribution is -0.274. The molecule has 2 aromatic rings. The van der Waals surface area contributed by atoms with Crippen molar-refractivity contribution in [2.24, 2.45) is 0 Å². The van der Waals surface area contributed by atoms with Crippen LogP contribution < -0.4 is 9.46 Å². The summed E-state index contributed by atoms with van der Waals surface area (Å²) in [5.74, 6) is -1.50. The highest BCUT2D eigenvalue weighted by Crippen LogP contribution is 2.36. The van der Waals surface area contributed by atoms with Gasteiger partial charge in [-0.15, -0.1) is 13.2 Å². The summed E-state index contributed by atoms with van der Waals surface area (Å²) in [4.78, 5) is 17.1. The highest BCUT2D eigenvalue weighted by Gasteiger charge is 2.40. The van der Waals surface area contributed by atoms with Crippen LogP contribution in [0.2, 0.25) is 5.02 Å². The second kappa shape index (κ2) is 11.9. The zero-order chi connectivity index (χ0) is 29.2. The van der Waals surface area contributed by atoms with Gasteiger partial charge < -0.3 is 14.4 Å². The highest BCUT2D eigenvalue weighted by molar-refractivity contribution is 7.90. The monoisotopic (exact) mass is 606 g/mol. The minimum absolute atomic E-state index is 0.0706. The molecule has 2 bridgehead atoms. The quantitative estimate of drug-likeness (QED) is 0.364. The van der Waals surface area contributed by atoms with Crippen LogP contribution in [0.15, 0.2) is 42.5 Å². The van der Waals surface area contributed by atoms with Gasteiger partial charge in [0.05, 0.1) is 36.0 Å². The summed E-state index contributed by atoms with van der Waals surface area (Å²) in [6.45, 7) is 2.12. The molecule has 2 aliphatic rings. The van der Waals surface area contributed by atoms with Gasteiger partial charge in [0.25, 0.3) is 0 Å². The van der Waals surface area contributed by atoms with Crippen molar-refractivity contribution in [3.63, 3.8) is 0 Å². The van der Waals surface area contributed by atoms with Crippen molar-refractivity contribution in [2.45, 2.75) is 25.0 Å². The van der Waals surface area contributed by atoms with E-state index in [1.165, 1.54) is 32.3 Å². The molecule has 2 aromatic carbocycles. The lowest BCUT2D eigenvalue weighted by Crippen LogP contribution is -2.65. The van der Waals surface area contributed by atoms with Gasteiger partial charge in [0.15, 0.2) is 0 Å². The molecular weight excluding hydrogens is 580 g/mol. The fourth-order valence-electron chi connectivity index (χ4n) is 4.56. The van der Waals surface area contributed by atoms with E-state index in [4.69, 9.17) is 16.3 Å². The number of ether oxygens (including phenoxy) is 2. The third kappa shape index (κ3) is 7.43. The van der Waals surface area contributed by atoms with Crippen molar-refractivity contribution in [1.29, 1.82) is 0 Å². The molecule has 1 amide bonds. The van der Waals surface area contributed by atoms with Crippen LogP contribution in [0.5, 0.6) is 5.75 Å². The van der Waals surface area contributed by atoms with Gasteiger partial charge in [-0.3, -0.25) is 14.4 Å². The Balaban J connectivity index is 1.56. The van der Waals surface area contributed by atoms with E-state index in [0.29, 0.717) is 19.6 Å². The number of benzene rings is 2.